The lowest BCUT2D eigenvalue weighted by atomic mass is 10.1. The SMILES string of the molecule is CC(C)(C)NCCCc1ccc(C(F)(F)F)c(F)c1. The van der Waals surface area contributed by atoms with Crippen molar-refractivity contribution in [2.45, 2.75) is 45.3 Å². The molecule has 1 aromatic carbocycles. The zero-order valence-electron chi connectivity index (χ0n) is 11.4. The Kier molecular flexibility index (Phi) is 4.96. The Morgan fingerprint density at radius 1 is 1.11 bits per heavy atom. The topological polar surface area (TPSA) is 12.0 Å². The molecule has 19 heavy (non-hydrogen) atoms. The number of aryl methyl sites for hydroxylation is 1. The molecule has 0 saturated carbocycles. The second kappa shape index (κ2) is 5.90. The van der Waals surface area contributed by atoms with Gasteiger partial charge in [-0.05, 0) is 57.9 Å². The highest BCUT2D eigenvalue weighted by molar-refractivity contribution is 5.26. The fourth-order valence-electron chi connectivity index (χ4n) is 1.70. The van der Waals surface area contributed by atoms with Crippen molar-refractivity contribution in [3.05, 3.63) is 35.1 Å². The van der Waals surface area contributed by atoms with Gasteiger partial charge in [-0.15, -0.1) is 0 Å². The Morgan fingerprint density at radius 3 is 2.21 bits per heavy atom. The van der Waals surface area contributed by atoms with Crippen LogP contribution in [-0.4, -0.2) is 12.1 Å². The monoisotopic (exact) mass is 277 g/mol. The summed E-state index contributed by atoms with van der Waals surface area (Å²) in [7, 11) is 0. The van der Waals surface area contributed by atoms with Gasteiger partial charge in [0, 0.05) is 5.54 Å². The minimum Gasteiger partial charge on any atom is -0.312 e. The molecule has 5 heteroatoms. The second-order valence-electron chi connectivity index (χ2n) is 5.59. The van der Waals surface area contributed by atoms with Gasteiger partial charge in [0.15, 0.2) is 0 Å². The van der Waals surface area contributed by atoms with Crippen LogP contribution in [0.4, 0.5) is 17.6 Å². The van der Waals surface area contributed by atoms with Crippen molar-refractivity contribution in [2.75, 3.05) is 6.54 Å². The standard InChI is InChI=1S/C14H19F4N/c1-13(2,3)19-8-4-5-10-6-7-11(12(15)9-10)14(16,17)18/h6-7,9,19H,4-5,8H2,1-3H3. The molecule has 0 aliphatic heterocycles. The van der Waals surface area contributed by atoms with Crippen LogP contribution >= 0.6 is 0 Å². The molecule has 0 spiro atoms. The molecule has 0 aliphatic carbocycles. The summed E-state index contributed by atoms with van der Waals surface area (Å²) in [6, 6.07) is 3.12. The van der Waals surface area contributed by atoms with Gasteiger partial charge in [0.05, 0.1) is 5.56 Å². The predicted molar refractivity (Wildman–Crippen MR) is 67.5 cm³/mol. The Hall–Kier alpha value is -1.10. The highest BCUT2D eigenvalue weighted by atomic mass is 19.4. The van der Waals surface area contributed by atoms with Crippen LogP contribution < -0.4 is 5.32 Å². The Bertz CT molecular complexity index is 418. The van der Waals surface area contributed by atoms with Crippen LogP contribution in [0.25, 0.3) is 0 Å². The summed E-state index contributed by atoms with van der Waals surface area (Å²) < 4.78 is 50.4. The third-order valence-electron chi connectivity index (χ3n) is 2.64. The third-order valence-corrected chi connectivity index (χ3v) is 2.64. The van der Waals surface area contributed by atoms with Crippen LogP contribution in [0.3, 0.4) is 0 Å². The number of hydrogen-bond donors (Lipinski definition) is 1. The molecule has 0 aliphatic rings. The molecule has 0 saturated heterocycles. The summed E-state index contributed by atoms with van der Waals surface area (Å²) in [6.07, 6.45) is -3.32. The zero-order valence-corrected chi connectivity index (χ0v) is 11.4. The number of alkyl halides is 3. The predicted octanol–water partition coefficient (Wildman–Crippen LogP) is 4.17. The van der Waals surface area contributed by atoms with E-state index in [9.17, 15) is 17.6 Å². The van der Waals surface area contributed by atoms with Crippen molar-refractivity contribution in [3.8, 4) is 0 Å². The summed E-state index contributed by atoms with van der Waals surface area (Å²) in [4.78, 5) is 0. The Labute approximate surface area is 111 Å². The van der Waals surface area contributed by atoms with Crippen LogP contribution in [-0.2, 0) is 12.6 Å². The first-order valence-corrected chi connectivity index (χ1v) is 6.20. The molecule has 1 aromatic rings. The van der Waals surface area contributed by atoms with E-state index in [1.165, 1.54) is 6.07 Å². The van der Waals surface area contributed by atoms with Crippen molar-refractivity contribution in [2.24, 2.45) is 0 Å². The fourth-order valence-corrected chi connectivity index (χ4v) is 1.70. The maximum Gasteiger partial charge on any atom is 0.419 e. The van der Waals surface area contributed by atoms with Gasteiger partial charge in [0.25, 0.3) is 0 Å². The molecule has 1 rings (SSSR count). The van der Waals surface area contributed by atoms with Crippen molar-refractivity contribution in [1.82, 2.24) is 5.32 Å². The molecule has 0 bridgehead atoms. The smallest absolute Gasteiger partial charge is 0.312 e. The van der Waals surface area contributed by atoms with E-state index in [4.69, 9.17) is 0 Å². The van der Waals surface area contributed by atoms with Crippen LogP contribution in [0.1, 0.15) is 38.3 Å². The van der Waals surface area contributed by atoms with E-state index in [1.54, 1.807) is 0 Å². The average Bonchev–Trinajstić information content (AvgIpc) is 2.21. The van der Waals surface area contributed by atoms with Gasteiger partial charge >= 0.3 is 6.18 Å². The van der Waals surface area contributed by atoms with E-state index in [0.717, 1.165) is 25.1 Å². The number of benzene rings is 1. The van der Waals surface area contributed by atoms with Crippen LogP contribution in [0.2, 0.25) is 0 Å². The van der Waals surface area contributed by atoms with Crippen LogP contribution in [0.15, 0.2) is 18.2 Å². The molecule has 0 radical (unpaired) electrons. The number of rotatable bonds is 4. The summed E-state index contributed by atoms with van der Waals surface area (Å²) in [5.41, 5.74) is -0.615. The Morgan fingerprint density at radius 2 is 1.74 bits per heavy atom. The van der Waals surface area contributed by atoms with Crippen molar-refractivity contribution in [1.29, 1.82) is 0 Å². The van der Waals surface area contributed by atoms with E-state index in [2.05, 4.69) is 5.32 Å². The molecule has 0 aromatic heterocycles. The largest absolute Gasteiger partial charge is 0.419 e. The zero-order chi connectivity index (χ0) is 14.7. The van der Waals surface area contributed by atoms with Gasteiger partial charge in [-0.3, -0.25) is 0 Å². The molecule has 0 atom stereocenters. The van der Waals surface area contributed by atoms with Crippen LogP contribution in [0, 0.1) is 5.82 Å². The molecule has 0 heterocycles. The highest BCUT2D eigenvalue weighted by Gasteiger charge is 2.33. The van der Waals surface area contributed by atoms with Gasteiger partial charge in [-0.1, -0.05) is 6.07 Å². The summed E-state index contributed by atoms with van der Waals surface area (Å²) in [6.45, 7) is 6.84. The van der Waals surface area contributed by atoms with E-state index in [1.807, 2.05) is 20.8 Å². The maximum atomic E-state index is 13.3. The van der Waals surface area contributed by atoms with Crippen molar-refractivity contribution < 1.29 is 17.6 Å². The molecule has 1 nitrogen and oxygen atoms in total. The number of nitrogens with one attached hydrogen (secondary N) is 1. The van der Waals surface area contributed by atoms with Gasteiger partial charge < -0.3 is 5.32 Å². The molecule has 1 N–H and O–H groups in total. The molecule has 108 valence electrons. The van der Waals surface area contributed by atoms with Gasteiger partial charge in [-0.25, -0.2) is 4.39 Å². The summed E-state index contributed by atoms with van der Waals surface area (Å²) in [5, 5.41) is 3.27. The minimum atomic E-state index is -4.63. The molecule has 0 amide bonds. The van der Waals surface area contributed by atoms with Crippen molar-refractivity contribution >= 4 is 0 Å². The van der Waals surface area contributed by atoms with E-state index >= 15 is 0 Å². The van der Waals surface area contributed by atoms with Crippen LogP contribution in [0.5, 0.6) is 0 Å². The van der Waals surface area contributed by atoms with E-state index < -0.39 is 17.6 Å². The highest BCUT2D eigenvalue weighted by Crippen LogP contribution is 2.31. The lowest BCUT2D eigenvalue weighted by molar-refractivity contribution is -0.140. The molecule has 0 fully saturated rings. The van der Waals surface area contributed by atoms with Gasteiger partial charge in [-0.2, -0.15) is 13.2 Å². The Balaban J connectivity index is 2.55. The first-order valence-electron chi connectivity index (χ1n) is 6.20. The van der Waals surface area contributed by atoms with Gasteiger partial charge in [0.1, 0.15) is 5.82 Å². The normalized spacial score (nSPS) is 12.8. The van der Waals surface area contributed by atoms with E-state index in [-0.39, 0.29) is 5.54 Å². The third kappa shape index (κ3) is 5.59. The quantitative estimate of drug-likeness (QED) is 0.643. The number of halogens is 4. The minimum absolute atomic E-state index is 0.00535. The average molecular weight is 277 g/mol. The summed E-state index contributed by atoms with van der Waals surface area (Å²) in [5.74, 6) is -1.20. The maximum absolute atomic E-state index is 13.3. The lowest BCUT2D eigenvalue weighted by Crippen LogP contribution is -2.36. The van der Waals surface area contributed by atoms with Gasteiger partial charge in [0.2, 0.25) is 0 Å². The van der Waals surface area contributed by atoms with Crippen molar-refractivity contribution in [3.63, 3.8) is 0 Å². The molecular weight excluding hydrogens is 258 g/mol. The van der Waals surface area contributed by atoms with E-state index in [0.29, 0.717) is 12.0 Å². The first kappa shape index (κ1) is 16.0. The lowest BCUT2D eigenvalue weighted by Gasteiger charge is -2.20. The number of hydrogen-bond acceptors (Lipinski definition) is 1. The first-order chi connectivity index (χ1) is 8.59. The second-order valence-corrected chi connectivity index (χ2v) is 5.59. The molecule has 0 unspecified atom stereocenters. The molecular formula is C14H19F4N. The fraction of sp³-hybridized carbons (Fsp3) is 0.571. The summed E-state index contributed by atoms with van der Waals surface area (Å²) >= 11 is 0.